The van der Waals surface area contributed by atoms with E-state index in [1.54, 1.807) is 6.08 Å². The average Bonchev–Trinajstić information content (AvgIpc) is 2.57. The molecule has 0 radical (unpaired) electrons. The molecule has 0 aromatic rings. The van der Waals surface area contributed by atoms with E-state index in [0.29, 0.717) is 0 Å². The van der Waals surface area contributed by atoms with Crippen LogP contribution in [0.4, 0.5) is 0 Å². The third kappa shape index (κ3) is 4.19. The minimum Gasteiger partial charge on any atom is -0.407 e. The molecule has 0 aromatic heterocycles. The number of rotatable bonds is 4. The maximum atomic E-state index is 12.3. The molecule has 0 saturated heterocycles. The highest BCUT2D eigenvalue weighted by atomic mass is 28.4. The summed E-state index contributed by atoms with van der Waals surface area (Å²) in [5.41, 5.74) is 0. The van der Waals surface area contributed by atoms with E-state index in [2.05, 4.69) is 67.7 Å². The summed E-state index contributed by atoms with van der Waals surface area (Å²) >= 11 is 0. The van der Waals surface area contributed by atoms with Gasteiger partial charge in [0.2, 0.25) is 0 Å². The lowest BCUT2D eigenvalue weighted by Crippen LogP contribution is -2.51. The van der Waals surface area contributed by atoms with Gasteiger partial charge in [-0.05, 0) is 42.3 Å². The van der Waals surface area contributed by atoms with Crippen molar-refractivity contribution in [1.82, 2.24) is 0 Å². The maximum Gasteiger partial charge on any atom is 0.193 e. The number of hydrogen-bond donors (Lipinski definition) is 0. The summed E-state index contributed by atoms with van der Waals surface area (Å²) in [6.07, 6.45) is 2.83. The lowest BCUT2D eigenvalue weighted by molar-refractivity contribution is -0.123. The Morgan fingerprint density at radius 3 is 1.68 bits per heavy atom. The molecule has 2 atom stereocenters. The van der Waals surface area contributed by atoms with Gasteiger partial charge in [-0.1, -0.05) is 47.6 Å². The Labute approximate surface area is 138 Å². The van der Waals surface area contributed by atoms with Crippen LogP contribution in [0.3, 0.4) is 0 Å². The molecule has 0 heterocycles. The van der Waals surface area contributed by atoms with Gasteiger partial charge in [-0.15, -0.1) is 0 Å². The number of ketones is 1. The number of carbonyl (C=O) groups excluding carboxylic acids is 1. The summed E-state index contributed by atoms with van der Waals surface area (Å²) in [6.45, 7) is 22.0. The van der Waals surface area contributed by atoms with Gasteiger partial charge in [-0.25, -0.2) is 0 Å². The highest BCUT2D eigenvalue weighted by molar-refractivity contribution is 6.74. The lowest BCUT2D eigenvalue weighted by atomic mass is 10.2. The van der Waals surface area contributed by atoms with E-state index in [1.165, 1.54) is 0 Å². The zero-order valence-electron chi connectivity index (χ0n) is 16.0. The number of carbonyl (C=O) groups is 1. The first-order chi connectivity index (χ1) is 9.58. The van der Waals surface area contributed by atoms with Crippen LogP contribution in [0.25, 0.3) is 0 Å². The van der Waals surface area contributed by atoms with Crippen LogP contribution in [0.2, 0.25) is 36.3 Å². The first-order valence-corrected chi connectivity index (χ1v) is 14.0. The Hall–Kier alpha value is -0.236. The molecule has 5 heteroatoms. The van der Waals surface area contributed by atoms with Crippen molar-refractivity contribution in [3.8, 4) is 0 Å². The molecule has 0 amide bonds. The van der Waals surface area contributed by atoms with Gasteiger partial charge in [-0.2, -0.15) is 0 Å². The van der Waals surface area contributed by atoms with Gasteiger partial charge >= 0.3 is 0 Å². The van der Waals surface area contributed by atoms with Crippen molar-refractivity contribution in [2.75, 3.05) is 0 Å². The van der Waals surface area contributed by atoms with Crippen LogP contribution >= 0.6 is 0 Å². The molecule has 0 aliphatic heterocycles. The lowest BCUT2D eigenvalue weighted by Gasteiger charge is -2.42. The van der Waals surface area contributed by atoms with Crippen molar-refractivity contribution >= 4 is 22.4 Å². The van der Waals surface area contributed by atoms with E-state index in [0.717, 1.165) is 0 Å². The van der Waals surface area contributed by atoms with E-state index in [9.17, 15) is 4.79 Å². The highest BCUT2D eigenvalue weighted by Crippen LogP contribution is 2.41. The average molecular weight is 343 g/mol. The van der Waals surface area contributed by atoms with Gasteiger partial charge in [0.25, 0.3) is 0 Å². The van der Waals surface area contributed by atoms with E-state index in [1.807, 2.05) is 6.08 Å². The minimum atomic E-state index is -2.00. The Morgan fingerprint density at radius 2 is 1.27 bits per heavy atom. The Balaban J connectivity index is 2.94. The molecule has 0 bridgehead atoms. The maximum absolute atomic E-state index is 12.3. The summed E-state index contributed by atoms with van der Waals surface area (Å²) in [7, 11) is -3.93. The zero-order chi connectivity index (χ0) is 17.6. The quantitative estimate of drug-likeness (QED) is 0.681. The van der Waals surface area contributed by atoms with Gasteiger partial charge in [0.1, 0.15) is 6.10 Å². The van der Waals surface area contributed by atoms with Crippen molar-refractivity contribution in [3.05, 3.63) is 12.2 Å². The highest BCUT2D eigenvalue weighted by Gasteiger charge is 2.47. The monoisotopic (exact) mass is 342 g/mol. The Kier molecular flexibility index (Phi) is 5.40. The molecule has 3 nitrogen and oxygen atoms in total. The van der Waals surface area contributed by atoms with Crippen molar-refractivity contribution in [3.63, 3.8) is 0 Å². The predicted molar refractivity (Wildman–Crippen MR) is 98.3 cm³/mol. The summed E-state index contributed by atoms with van der Waals surface area (Å²) < 4.78 is 12.8. The van der Waals surface area contributed by atoms with Crippen LogP contribution in [-0.4, -0.2) is 34.6 Å². The largest absolute Gasteiger partial charge is 0.407 e. The fourth-order valence-electron chi connectivity index (χ4n) is 1.78. The van der Waals surface area contributed by atoms with Gasteiger partial charge in [-0.3, -0.25) is 4.79 Å². The summed E-state index contributed by atoms with van der Waals surface area (Å²) in [6, 6.07) is 0. The molecule has 1 rings (SSSR count). The second-order valence-corrected chi connectivity index (χ2v) is 18.9. The normalized spacial score (nSPS) is 24.2. The summed E-state index contributed by atoms with van der Waals surface area (Å²) in [4.78, 5) is 12.3. The van der Waals surface area contributed by atoms with Crippen molar-refractivity contribution in [2.45, 2.75) is 90.0 Å². The van der Waals surface area contributed by atoms with Crippen LogP contribution in [0, 0.1) is 0 Å². The summed E-state index contributed by atoms with van der Waals surface area (Å²) in [5, 5.41) is 0.200. The second kappa shape index (κ2) is 6.00. The van der Waals surface area contributed by atoms with E-state index in [-0.39, 0.29) is 22.0 Å². The zero-order valence-corrected chi connectivity index (χ0v) is 18.0. The van der Waals surface area contributed by atoms with E-state index < -0.39 is 22.7 Å². The van der Waals surface area contributed by atoms with Crippen molar-refractivity contribution in [2.24, 2.45) is 0 Å². The topological polar surface area (TPSA) is 35.5 Å². The van der Waals surface area contributed by atoms with Crippen LogP contribution < -0.4 is 0 Å². The van der Waals surface area contributed by atoms with Crippen LogP contribution in [0.15, 0.2) is 12.2 Å². The SMILES string of the molecule is CC(C)(C)[Si](C)(C)O[C@H]1C=CC(=O)[C@H]1O[Si](C)(C)C(C)(C)C. The van der Waals surface area contributed by atoms with Gasteiger partial charge in [0.05, 0.1) is 6.10 Å². The fraction of sp³-hybridized carbons (Fsp3) is 0.824. The molecule has 0 saturated carbocycles. The molecule has 0 spiro atoms. The van der Waals surface area contributed by atoms with Crippen LogP contribution in [0.5, 0.6) is 0 Å². The second-order valence-electron chi connectivity index (χ2n) is 9.40. The molecular formula is C17H34O3Si2. The molecule has 0 unspecified atom stereocenters. The van der Waals surface area contributed by atoms with Crippen LogP contribution in [0.1, 0.15) is 41.5 Å². The van der Waals surface area contributed by atoms with E-state index >= 15 is 0 Å². The molecule has 128 valence electrons. The smallest absolute Gasteiger partial charge is 0.193 e. The molecular weight excluding hydrogens is 308 g/mol. The van der Waals surface area contributed by atoms with E-state index in [4.69, 9.17) is 8.85 Å². The molecule has 0 N–H and O–H groups in total. The molecule has 1 aliphatic rings. The van der Waals surface area contributed by atoms with Gasteiger partial charge in [0, 0.05) is 0 Å². The molecule has 0 aromatic carbocycles. The first kappa shape index (κ1) is 19.8. The van der Waals surface area contributed by atoms with Gasteiger partial charge < -0.3 is 8.85 Å². The standard InChI is InChI=1S/C17H34O3Si2/c1-16(2,3)21(7,8)19-14-12-11-13(18)15(14)20-22(9,10)17(4,5)6/h11-12,14-15H,1-10H3/t14-,15+/m0/s1. The fourth-order valence-corrected chi connectivity index (χ4v) is 4.26. The molecule has 0 fully saturated rings. The van der Waals surface area contributed by atoms with Crippen molar-refractivity contribution in [1.29, 1.82) is 0 Å². The Morgan fingerprint density at radius 1 is 0.864 bits per heavy atom. The van der Waals surface area contributed by atoms with Crippen LogP contribution in [-0.2, 0) is 13.6 Å². The third-order valence-electron chi connectivity index (χ3n) is 5.49. The third-order valence-corrected chi connectivity index (χ3v) is 14.4. The Bertz CT molecular complexity index is 454. The predicted octanol–water partition coefficient (Wildman–Crippen LogP) is 4.91. The minimum absolute atomic E-state index is 0.0496. The summed E-state index contributed by atoms with van der Waals surface area (Å²) in [5.74, 6) is 0.0496. The molecule has 22 heavy (non-hydrogen) atoms. The van der Waals surface area contributed by atoms with Crippen molar-refractivity contribution < 1.29 is 13.6 Å². The first-order valence-electron chi connectivity index (χ1n) is 8.16. The van der Waals surface area contributed by atoms with Gasteiger partial charge in [0.15, 0.2) is 22.4 Å². The molecule has 1 aliphatic carbocycles. The number of hydrogen-bond acceptors (Lipinski definition) is 3.